The molecule has 3 rings (SSSR count). The number of aryl methyl sites for hydroxylation is 1. The second-order valence-electron chi connectivity index (χ2n) is 6.40. The molecule has 1 heterocycles. The Bertz CT molecular complexity index is 777. The molecule has 4 nitrogen and oxygen atoms in total. The van der Waals surface area contributed by atoms with Gasteiger partial charge in [-0.3, -0.25) is 4.79 Å². The zero-order chi connectivity index (χ0) is 18.4. The van der Waals surface area contributed by atoms with Gasteiger partial charge in [-0.25, -0.2) is 0 Å². The molecule has 1 saturated heterocycles. The largest absolute Gasteiger partial charge is 0.493 e. The molecule has 0 atom stereocenters. The van der Waals surface area contributed by atoms with Gasteiger partial charge in [-0.1, -0.05) is 36.4 Å². The van der Waals surface area contributed by atoms with Crippen LogP contribution in [-0.2, 0) is 4.79 Å². The normalized spacial score (nSPS) is 14.7. The van der Waals surface area contributed by atoms with Gasteiger partial charge >= 0.3 is 0 Å². The molecular weight excluding hydrogens is 324 g/mol. The van der Waals surface area contributed by atoms with Gasteiger partial charge in [-0.15, -0.1) is 0 Å². The molecule has 26 heavy (non-hydrogen) atoms. The fourth-order valence-corrected chi connectivity index (χ4v) is 3.26. The molecule has 0 N–H and O–H groups in total. The van der Waals surface area contributed by atoms with Crippen LogP contribution in [-0.4, -0.2) is 43.6 Å². The lowest BCUT2D eigenvalue weighted by Gasteiger charge is -2.36. The molecule has 0 aliphatic carbocycles. The Hall–Kier alpha value is -2.75. The van der Waals surface area contributed by atoms with Gasteiger partial charge in [0.15, 0.2) is 0 Å². The summed E-state index contributed by atoms with van der Waals surface area (Å²) < 4.78 is 5.61. The fourth-order valence-electron chi connectivity index (χ4n) is 3.26. The summed E-state index contributed by atoms with van der Waals surface area (Å²) in [6.45, 7) is 7.90. The molecule has 1 fully saturated rings. The van der Waals surface area contributed by atoms with Crippen LogP contribution in [0.15, 0.2) is 54.6 Å². The zero-order valence-electron chi connectivity index (χ0n) is 15.5. The van der Waals surface area contributed by atoms with Crippen LogP contribution in [0.3, 0.4) is 0 Å². The van der Waals surface area contributed by atoms with Crippen molar-refractivity contribution in [2.45, 2.75) is 13.8 Å². The van der Waals surface area contributed by atoms with Crippen LogP contribution < -0.4 is 9.64 Å². The van der Waals surface area contributed by atoms with Gasteiger partial charge in [0.2, 0.25) is 5.91 Å². The lowest BCUT2D eigenvalue weighted by molar-refractivity contribution is -0.126. The van der Waals surface area contributed by atoms with Gasteiger partial charge < -0.3 is 14.5 Å². The number of hydrogen-bond donors (Lipinski definition) is 0. The summed E-state index contributed by atoms with van der Waals surface area (Å²) in [5.41, 5.74) is 3.47. The highest BCUT2D eigenvalue weighted by molar-refractivity contribution is 5.92. The Labute approximate surface area is 155 Å². The van der Waals surface area contributed by atoms with Gasteiger partial charge in [-0.05, 0) is 37.6 Å². The third-order valence-corrected chi connectivity index (χ3v) is 4.67. The number of carbonyl (C=O) groups is 1. The van der Waals surface area contributed by atoms with Crippen molar-refractivity contribution in [3.8, 4) is 5.75 Å². The minimum absolute atomic E-state index is 0.0562. The number of piperazine rings is 1. The number of hydrogen-bond acceptors (Lipinski definition) is 3. The van der Waals surface area contributed by atoms with E-state index in [1.807, 2.05) is 42.2 Å². The highest BCUT2D eigenvalue weighted by Gasteiger charge is 2.20. The molecule has 1 aliphatic rings. The minimum atomic E-state index is 0.0562. The average molecular weight is 350 g/mol. The predicted molar refractivity (Wildman–Crippen MR) is 107 cm³/mol. The van der Waals surface area contributed by atoms with E-state index in [1.54, 1.807) is 6.08 Å². The Kier molecular flexibility index (Phi) is 5.95. The van der Waals surface area contributed by atoms with Crippen molar-refractivity contribution in [3.63, 3.8) is 0 Å². The van der Waals surface area contributed by atoms with Crippen LogP contribution in [0, 0.1) is 6.92 Å². The first-order valence-electron chi connectivity index (χ1n) is 9.18. The Morgan fingerprint density at radius 2 is 1.73 bits per heavy atom. The van der Waals surface area contributed by atoms with E-state index in [-0.39, 0.29) is 5.91 Å². The van der Waals surface area contributed by atoms with Gasteiger partial charge in [0, 0.05) is 43.5 Å². The smallest absolute Gasteiger partial charge is 0.246 e. The van der Waals surface area contributed by atoms with Gasteiger partial charge in [-0.2, -0.15) is 0 Å². The summed E-state index contributed by atoms with van der Waals surface area (Å²) in [4.78, 5) is 16.8. The van der Waals surface area contributed by atoms with Crippen LogP contribution in [0.2, 0.25) is 0 Å². The third kappa shape index (κ3) is 4.26. The molecule has 0 spiro atoms. The zero-order valence-corrected chi connectivity index (χ0v) is 15.5. The molecule has 2 aromatic rings. The Morgan fingerprint density at radius 3 is 2.46 bits per heavy atom. The van der Waals surface area contributed by atoms with Crippen LogP contribution >= 0.6 is 0 Å². The molecule has 0 unspecified atom stereocenters. The lowest BCUT2D eigenvalue weighted by Crippen LogP contribution is -2.48. The maximum atomic E-state index is 12.5. The lowest BCUT2D eigenvalue weighted by atomic mass is 10.1. The second-order valence-corrected chi connectivity index (χ2v) is 6.40. The first-order valence-corrected chi connectivity index (χ1v) is 9.18. The van der Waals surface area contributed by atoms with Crippen LogP contribution in [0.25, 0.3) is 6.08 Å². The fraction of sp³-hybridized carbons (Fsp3) is 0.318. The topological polar surface area (TPSA) is 32.8 Å². The van der Waals surface area contributed by atoms with E-state index in [2.05, 4.69) is 36.1 Å². The quantitative estimate of drug-likeness (QED) is 0.770. The number of rotatable bonds is 5. The van der Waals surface area contributed by atoms with Crippen LogP contribution in [0.4, 0.5) is 5.69 Å². The molecule has 0 saturated carbocycles. The highest BCUT2D eigenvalue weighted by atomic mass is 16.5. The van der Waals surface area contributed by atoms with E-state index in [9.17, 15) is 4.79 Å². The predicted octanol–water partition coefficient (Wildman–Crippen LogP) is 3.76. The van der Waals surface area contributed by atoms with E-state index < -0.39 is 0 Å². The molecule has 136 valence electrons. The van der Waals surface area contributed by atoms with Crippen molar-refractivity contribution in [1.82, 2.24) is 4.90 Å². The SMILES string of the molecule is CCOc1ccccc1/C=C/C(=O)N1CCN(c2ccccc2C)CC1. The number of carbonyl (C=O) groups excluding carboxylic acids is 1. The van der Waals surface area contributed by atoms with E-state index >= 15 is 0 Å². The Balaban J connectivity index is 1.60. The molecule has 1 aliphatic heterocycles. The molecule has 0 aromatic heterocycles. The first-order chi connectivity index (χ1) is 12.7. The third-order valence-electron chi connectivity index (χ3n) is 4.67. The van der Waals surface area contributed by atoms with E-state index in [0.29, 0.717) is 6.61 Å². The number of benzene rings is 2. The van der Waals surface area contributed by atoms with Crippen molar-refractivity contribution >= 4 is 17.7 Å². The van der Waals surface area contributed by atoms with Crippen molar-refractivity contribution in [2.75, 3.05) is 37.7 Å². The number of ether oxygens (including phenoxy) is 1. The summed E-state index contributed by atoms with van der Waals surface area (Å²) in [5.74, 6) is 0.865. The number of anilines is 1. The van der Waals surface area contributed by atoms with Crippen molar-refractivity contribution in [1.29, 1.82) is 0 Å². The molecular formula is C22H26N2O2. The molecule has 0 bridgehead atoms. The number of amides is 1. The van der Waals surface area contributed by atoms with Gasteiger partial charge in [0.05, 0.1) is 6.61 Å². The molecule has 4 heteroatoms. The van der Waals surface area contributed by atoms with Crippen LogP contribution in [0.5, 0.6) is 5.75 Å². The van der Waals surface area contributed by atoms with Crippen molar-refractivity contribution in [3.05, 3.63) is 65.7 Å². The number of para-hydroxylation sites is 2. The monoisotopic (exact) mass is 350 g/mol. The van der Waals surface area contributed by atoms with Gasteiger partial charge in [0.25, 0.3) is 0 Å². The molecule has 1 amide bonds. The van der Waals surface area contributed by atoms with Crippen molar-refractivity contribution < 1.29 is 9.53 Å². The minimum Gasteiger partial charge on any atom is -0.493 e. The standard InChI is InChI=1S/C22H26N2O2/c1-3-26-21-11-7-5-9-19(21)12-13-22(25)24-16-14-23(15-17-24)20-10-6-4-8-18(20)2/h4-13H,3,14-17H2,1-2H3/b13-12+. The van der Waals surface area contributed by atoms with Crippen molar-refractivity contribution in [2.24, 2.45) is 0 Å². The number of nitrogens with zero attached hydrogens (tertiary/aromatic N) is 2. The van der Waals surface area contributed by atoms with E-state index in [0.717, 1.165) is 37.5 Å². The maximum absolute atomic E-state index is 12.5. The van der Waals surface area contributed by atoms with E-state index in [4.69, 9.17) is 4.74 Å². The maximum Gasteiger partial charge on any atom is 0.246 e. The molecule has 0 radical (unpaired) electrons. The summed E-state index contributed by atoms with van der Waals surface area (Å²) in [5, 5.41) is 0. The highest BCUT2D eigenvalue weighted by Crippen LogP contribution is 2.22. The summed E-state index contributed by atoms with van der Waals surface area (Å²) >= 11 is 0. The van der Waals surface area contributed by atoms with Gasteiger partial charge in [0.1, 0.15) is 5.75 Å². The van der Waals surface area contributed by atoms with E-state index in [1.165, 1.54) is 11.3 Å². The summed E-state index contributed by atoms with van der Waals surface area (Å²) in [6, 6.07) is 16.2. The summed E-state index contributed by atoms with van der Waals surface area (Å²) in [7, 11) is 0. The Morgan fingerprint density at radius 1 is 1.04 bits per heavy atom. The first kappa shape index (κ1) is 18.1. The summed E-state index contributed by atoms with van der Waals surface area (Å²) in [6.07, 6.45) is 3.50. The van der Waals surface area contributed by atoms with Crippen LogP contribution in [0.1, 0.15) is 18.1 Å². The second kappa shape index (κ2) is 8.56. The average Bonchev–Trinajstić information content (AvgIpc) is 2.68. The molecule has 2 aromatic carbocycles.